The maximum absolute atomic E-state index is 11.5. The molecular weight excluding hydrogens is 352 g/mol. The number of anilines is 3. The van der Waals surface area contributed by atoms with Crippen molar-refractivity contribution in [1.29, 1.82) is 0 Å². The lowest BCUT2D eigenvalue weighted by Gasteiger charge is -2.09. The van der Waals surface area contributed by atoms with Gasteiger partial charge in [0.1, 0.15) is 5.82 Å². The second-order valence-corrected chi connectivity index (χ2v) is 5.81. The molecule has 0 radical (unpaired) electrons. The minimum atomic E-state index is -0.376. The molecule has 3 rings (SSSR count). The molecule has 3 aromatic rings. The number of ether oxygens (including phenoxy) is 1. The number of halogens is 1. The monoisotopic (exact) mass is 368 g/mol. The molecule has 1 aromatic heterocycles. The molecule has 0 saturated carbocycles. The molecule has 132 valence electrons. The quantitative estimate of drug-likeness (QED) is 0.633. The first-order chi connectivity index (χ1) is 12.7. The first kappa shape index (κ1) is 17.7. The van der Waals surface area contributed by atoms with Crippen LogP contribution in [0.2, 0.25) is 5.02 Å². The van der Waals surface area contributed by atoms with Crippen LogP contribution < -0.4 is 10.6 Å². The van der Waals surface area contributed by atoms with Crippen molar-refractivity contribution in [2.24, 2.45) is 0 Å². The molecule has 0 atom stereocenters. The molecular formula is C19H17ClN4O2. The van der Waals surface area contributed by atoms with Gasteiger partial charge in [-0.25, -0.2) is 9.78 Å². The smallest absolute Gasteiger partial charge is 0.337 e. The Morgan fingerprint density at radius 1 is 1.12 bits per heavy atom. The van der Waals surface area contributed by atoms with E-state index in [0.717, 1.165) is 11.3 Å². The van der Waals surface area contributed by atoms with E-state index in [4.69, 9.17) is 11.6 Å². The van der Waals surface area contributed by atoms with E-state index < -0.39 is 0 Å². The average molecular weight is 369 g/mol. The fourth-order valence-corrected chi connectivity index (χ4v) is 2.48. The average Bonchev–Trinajstić information content (AvgIpc) is 2.68. The molecule has 2 N–H and O–H groups in total. The van der Waals surface area contributed by atoms with Crippen LogP contribution in [0.1, 0.15) is 15.9 Å². The van der Waals surface area contributed by atoms with Crippen molar-refractivity contribution in [3.8, 4) is 0 Å². The topological polar surface area (TPSA) is 76.1 Å². The van der Waals surface area contributed by atoms with E-state index in [9.17, 15) is 4.79 Å². The Morgan fingerprint density at radius 3 is 2.62 bits per heavy atom. The van der Waals surface area contributed by atoms with E-state index in [0.29, 0.717) is 28.9 Å². The molecule has 0 amide bonds. The summed E-state index contributed by atoms with van der Waals surface area (Å²) in [6.07, 6.45) is 1.66. The van der Waals surface area contributed by atoms with Gasteiger partial charge in [-0.05, 0) is 42.0 Å². The van der Waals surface area contributed by atoms with Crippen LogP contribution in [0.3, 0.4) is 0 Å². The fraction of sp³-hybridized carbons (Fsp3) is 0.105. The maximum Gasteiger partial charge on any atom is 0.337 e. The van der Waals surface area contributed by atoms with Crippen LogP contribution >= 0.6 is 11.6 Å². The highest BCUT2D eigenvalue weighted by Crippen LogP contribution is 2.18. The summed E-state index contributed by atoms with van der Waals surface area (Å²) >= 11 is 6.16. The van der Waals surface area contributed by atoms with E-state index in [1.165, 1.54) is 7.11 Å². The zero-order valence-electron chi connectivity index (χ0n) is 14.1. The summed E-state index contributed by atoms with van der Waals surface area (Å²) in [5, 5.41) is 7.03. The van der Waals surface area contributed by atoms with Crippen molar-refractivity contribution in [1.82, 2.24) is 9.97 Å². The van der Waals surface area contributed by atoms with Gasteiger partial charge in [0.25, 0.3) is 0 Å². The third kappa shape index (κ3) is 4.49. The SMILES string of the molecule is COC(=O)c1ccc(Nc2nccc(NCc3ccccc3Cl)n2)cc1. The summed E-state index contributed by atoms with van der Waals surface area (Å²) in [6, 6.07) is 16.3. The minimum absolute atomic E-state index is 0.376. The van der Waals surface area contributed by atoms with Gasteiger partial charge in [-0.2, -0.15) is 4.98 Å². The van der Waals surface area contributed by atoms with Gasteiger partial charge in [-0.1, -0.05) is 29.8 Å². The summed E-state index contributed by atoms with van der Waals surface area (Å²) < 4.78 is 4.68. The highest BCUT2D eigenvalue weighted by atomic mass is 35.5. The van der Waals surface area contributed by atoms with Gasteiger partial charge in [0.05, 0.1) is 12.7 Å². The molecule has 6 nitrogen and oxygen atoms in total. The van der Waals surface area contributed by atoms with Crippen LogP contribution in [0.25, 0.3) is 0 Å². The third-order valence-corrected chi connectivity index (χ3v) is 4.00. The number of esters is 1. The van der Waals surface area contributed by atoms with E-state index in [1.807, 2.05) is 24.3 Å². The Kier molecular flexibility index (Phi) is 5.66. The normalized spacial score (nSPS) is 10.2. The summed E-state index contributed by atoms with van der Waals surface area (Å²) in [5.74, 6) is 0.743. The number of nitrogens with zero attached hydrogens (tertiary/aromatic N) is 2. The van der Waals surface area contributed by atoms with Crippen LogP contribution in [0, 0.1) is 0 Å². The Morgan fingerprint density at radius 2 is 1.88 bits per heavy atom. The van der Waals surface area contributed by atoms with Crippen molar-refractivity contribution in [2.45, 2.75) is 6.54 Å². The molecule has 0 bridgehead atoms. The third-order valence-electron chi connectivity index (χ3n) is 3.64. The summed E-state index contributed by atoms with van der Waals surface area (Å²) in [7, 11) is 1.35. The molecule has 0 aliphatic carbocycles. The van der Waals surface area contributed by atoms with Gasteiger partial charge in [0, 0.05) is 23.5 Å². The molecule has 0 saturated heterocycles. The summed E-state index contributed by atoms with van der Waals surface area (Å²) in [4.78, 5) is 20.1. The molecule has 0 aliphatic rings. The largest absolute Gasteiger partial charge is 0.465 e. The zero-order valence-corrected chi connectivity index (χ0v) is 14.8. The Labute approximate surface area is 156 Å². The van der Waals surface area contributed by atoms with Crippen molar-refractivity contribution in [3.05, 3.63) is 76.9 Å². The summed E-state index contributed by atoms with van der Waals surface area (Å²) in [5.41, 5.74) is 2.23. The van der Waals surface area contributed by atoms with Crippen molar-refractivity contribution in [3.63, 3.8) is 0 Å². The standard InChI is InChI=1S/C19H17ClN4O2/c1-26-18(25)13-6-8-15(9-7-13)23-19-21-11-10-17(24-19)22-12-14-4-2-3-5-16(14)20/h2-11H,12H2,1H3,(H2,21,22,23,24). The fourth-order valence-electron chi connectivity index (χ4n) is 2.28. The minimum Gasteiger partial charge on any atom is -0.465 e. The van der Waals surface area contributed by atoms with E-state index in [2.05, 4.69) is 25.3 Å². The molecule has 0 spiro atoms. The number of hydrogen-bond acceptors (Lipinski definition) is 6. The van der Waals surface area contributed by atoms with Crippen LogP contribution in [0.15, 0.2) is 60.8 Å². The number of benzene rings is 2. The van der Waals surface area contributed by atoms with Crippen molar-refractivity contribution < 1.29 is 9.53 Å². The summed E-state index contributed by atoms with van der Waals surface area (Å²) in [6.45, 7) is 0.559. The maximum atomic E-state index is 11.5. The molecule has 0 unspecified atom stereocenters. The second kappa shape index (κ2) is 8.31. The Balaban J connectivity index is 1.65. The predicted octanol–water partition coefficient (Wildman–Crippen LogP) is 4.27. The van der Waals surface area contributed by atoms with Gasteiger partial charge in [-0.15, -0.1) is 0 Å². The van der Waals surface area contributed by atoms with Gasteiger partial charge in [0.15, 0.2) is 0 Å². The number of aromatic nitrogens is 2. The number of hydrogen-bond donors (Lipinski definition) is 2. The first-order valence-corrected chi connectivity index (χ1v) is 8.29. The Bertz CT molecular complexity index is 900. The van der Waals surface area contributed by atoms with Gasteiger partial charge >= 0.3 is 5.97 Å². The van der Waals surface area contributed by atoms with Crippen molar-refractivity contribution >= 4 is 35.0 Å². The lowest BCUT2D eigenvalue weighted by Crippen LogP contribution is -2.05. The Hall–Kier alpha value is -3.12. The lowest BCUT2D eigenvalue weighted by molar-refractivity contribution is 0.0601. The number of carbonyl (C=O) groups excluding carboxylic acids is 1. The molecule has 1 heterocycles. The van der Waals surface area contributed by atoms with E-state index in [-0.39, 0.29) is 5.97 Å². The van der Waals surface area contributed by atoms with Crippen LogP contribution in [0.5, 0.6) is 0 Å². The van der Waals surface area contributed by atoms with Gasteiger partial charge < -0.3 is 15.4 Å². The zero-order chi connectivity index (χ0) is 18.4. The highest BCUT2D eigenvalue weighted by Gasteiger charge is 2.06. The highest BCUT2D eigenvalue weighted by molar-refractivity contribution is 6.31. The van der Waals surface area contributed by atoms with Crippen LogP contribution in [0.4, 0.5) is 17.5 Å². The van der Waals surface area contributed by atoms with Crippen LogP contribution in [-0.4, -0.2) is 23.0 Å². The second-order valence-electron chi connectivity index (χ2n) is 5.40. The lowest BCUT2D eigenvalue weighted by atomic mass is 10.2. The molecule has 0 aliphatic heterocycles. The number of nitrogens with one attached hydrogen (secondary N) is 2. The van der Waals surface area contributed by atoms with Gasteiger partial charge in [0.2, 0.25) is 5.95 Å². The van der Waals surface area contributed by atoms with Gasteiger partial charge in [-0.3, -0.25) is 0 Å². The molecule has 2 aromatic carbocycles. The number of methoxy groups -OCH3 is 1. The molecule has 26 heavy (non-hydrogen) atoms. The van der Waals surface area contributed by atoms with E-state index in [1.54, 1.807) is 36.5 Å². The van der Waals surface area contributed by atoms with E-state index >= 15 is 0 Å². The number of carbonyl (C=O) groups is 1. The number of rotatable bonds is 6. The molecule has 0 fully saturated rings. The first-order valence-electron chi connectivity index (χ1n) is 7.91. The predicted molar refractivity (Wildman–Crippen MR) is 102 cm³/mol. The molecule has 7 heteroatoms. The van der Waals surface area contributed by atoms with Crippen LogP contribution in [-0.2, 0) is 11.3 Å². The van der Waals surface area contributed by atoms with Crippen molar-refractivity contribution in [2.75, 3.05) is 17.7 Å².